The first kappa shape index (κ1) is 18.9. The van der Waals surface area contributed by atoms with Crippen molar-refractivity contribution in [3.63, 3.8) is 0 Å². The summed E-state index contributed by atoms with van der Waals surface area (Å²) in [6.45, 7) is 1.88. The number of terminal acetylenes is 1. The van der Waals surface area contributed by atoms with Crippen LogP contribution in [-0.2, 0) is 4.74 Å². The summed E-state index contributed by atoms with van der Waals surface area (Å²) in [6.07, 6.45) is 9.12. The lowest BCUT2D eigenvalue weighted by atomic mass is 10.1. The van der Waals surface area contributed by atoms with E-state index in [2.05, 4.69) is 5.92 Å². The van der Waals surface area contributed by atoms with Gasteiger partial charge in [0.05, 0.1) is 24.4 Å². The molecule has 3 aromatic rings. The fraction of sp³-hybridized carbons (Fsp3) is 0.208. The van der Waals surface area contributed by atoms with E-state index in [1.54, 1.807) is 0 Å². The maximum absolute atomic E-state index is 13.2. The molecule has 146 valence electrons. The van der Waals surface area contributed by atoms with Crippen molar-refractivity contribution in [2.24, 2.45) is 0 Å². The van der Waals surface area contributed by atoms with Crippen LogP contribution in [-0.4, -0.2) is 47.8 Å². The highest BCUT2D eigenvalue weighted by atomic mass is 16.5. The van der Waals surface area contributed by atoms with Gasteiger partial charge < -0.3 is 18.9 Å². The second-order valence-electron chi connectivity index (χ2n) is 6.83. The van der Waals surface area contributed by atoms with E-state index in [4.69, 9.17) is 15.9 Å². The summed E-state index contributed by atoms with van der Waals surface area (Å²) < 4.78 is 13.6. The molecule has 4 rings (SSSR count). The van der Waals surface area contributed by atoms with E-state index in [9.17, 15) is 4.79 Å². The molecule has 0 bridgehead atoms. The number of para-hydroxylation sites is 1. The van der Waals surface area contributed by atoms with E-state index in [1.165, 1.54) is 0 Å². The minimum Gasteiger partial charge on any atom is -0.491 e. The zero-order valence-corrected chi connectivity index (χ0v) is 16.0. The van der Waals surface area contributed by atoms with Gasteiger partial charge in [0.25, 0.3) is 5.91 Å². The zero-order chi connectivity index (χ0) is 20.1. The van der Waals surface area contributed by atoms with E-state index < -0.39 is 0 Å². The first-order valence-corrected chi connectivity index (χ1v) is 9.57. The Morgan fingerprint density at radius 2 is 1.97 bits per heavy atom. The molecule has 1 unspecified atom stereocenters. The third-order valence-corrected chi connectivity index (χ3v) is 4.88. The van der Waals surface area contributed by atoms with Gasteiger partial charge in [-0.1, -0.05) is 24.1 Å². The van der Waals surface area contributed by atoms with Crippen molar-refractivity contribution >= 4 is 5.91 Å². The van der Waals surface area contributed by atoms with Gasteiger partial charge in [-0.15, -0.1) is 6.42 Å². The molecule has 0 aliphatic carbocycles. The summed E-state index contributed by atoms with van der Waals surface area (Å²) in [5.74, 6) is 3.29. The normalized spacial score (nSPS) is 16.2. The summed E-state index contributed by atoms with van der Waals surface area (Å²) in [6, 6.07) is 18.9. The van der Waals surface area contributed by atoms with Gasteiger partial charge in [-0.2, -0.15) is 0 Å². The summed E-state index contributed by atoms with van der Waals surface area (Å²) in [7, 11) is 0. The van der Waals surface area contributed by atoms with Crippen LogP contribution in [0, 0.1) is 12.3 Å². The lowest BCUT2D eigenvalue weighted by molar-refractivity contribution is -0.0401. The van der Waals surface area contributed by atoms with Crippen LogP contribution in [0.2, 0.25) is 0 Å². The van der Waals surface area contributed by atoms with Crippen LogP contribution >= 0.6 is 0 Å². The minimum absolute atomic E-state index is 0.00284. The Morgan fingerprint density at radius 3 is 2.79 bits per heavy atom. The molecule has 1 aliphatic heterocycles. The number of morpholine rings is 1. The maximum Gasteiger partial charge on any atom is 0.256 e. The van der Waals surface area contributed by atoms with Crippen molar-refractivity contribution in [3.8, 4) is 23.8 Å². The molecule has 29 heavy (non-hydrogen) atoms. The molecule has 1 aromatic heterocycles. The topological polar surface area (TPSA) is 43.7 Å². The molecule has 5 heteroatoms. The van der Waals surface area contributed by atoms with Gasteiger partial charge in [0.15, 0.2) is 0 Å². The Morgan fingerprint density at radius 1 is 1.14 bits per heavy atom. The van der Waals surface area contributed by atoms with Crippen LogP contribution in [0.3, 0.4) is 0 Å². The molecule has 2 heterocycles. The van der Waals surface area contributed by atoms with Crippen molar-refractivity contribution in [1.29, 1.82) is 0 Å². The number of ether oxygens (including phenoxy) is 2. The number of carbonyl (C=O) groups is 1. The number of rotatable bonds is 5. The molecule has 0 saturated carbocycles. The van der Waals surface area contributed by atoms with Crippen LogP contribution < -0.4 is 4.74 Å². The average molecular weight is 386 g/mol. The molecule has 5 nitrogen and oxygen atoms in total. The highest BCUT2D eigenvalue weighted by molar-refractivity contribution is 5.97. The summed E-state index contributed by atoms with van der Waals surface area (Å²) in [5.41, 5.74) is 2.31. The molecule has 0 N–H and O–H groups in total. The average Bonchev–Trinajstić information content (AvgIpc) is 3.32. The van der Waals surface area contributed by atoms with Crippen molar-refractivity contribution in [3.05, 3.63) is 84.2 Å². The monoisotopic (exact) mass is 386 g/mol. The highest BCUT2D eigenvalue weighted by Gasteiger charge is 2.27. The second kappa shape index (κ2) is 8.68. The van der Waals surface area contributed by atoms with Crippen LogP contribution in [0.5, 0.6) is 5.75 Å². The van der Waals surface area contributed by atoms with E-state index in [0.29, 0.717) is 37.6 Å². The molecule has 0 spiro atoms. The predicted octanol–water partition coefficient (Wildman–Crippen LogP) is 3.38. The molecule has 0 radical (unpaired) electrons. The Kier molecular flexibility index (Phi) is 5.64. The van der Waals surface area contributed by atoms with Gasteiger partial charge in [0.1, 0.15) is 18.5 Å². The minimum atomic E-state index is -0.194. The number of hydrogen-bond donors (Lipinski definition) is 0. The lowest BCUT2D eigenvalue weighted by Crippen LogP contribution is -2.47. The lowest BCUT2D eigenvalue weighted by Gasteiger charge is -2.33. The van der Waals surface area contributed by atoms with Gasteiger partial charge in [-0.05, 0) is 42.5 Å². The first-order valence-electron chi connectivity index (χ1n) is 9.57. The van der Waals surface area contributed by atoms with Gasteiger partial charge in [-0.3, -0.25) is 4.79 Å². The molecule has 1 saturated heterocycles. The highest BCUT2D eigenvalue weighted by Crippen LogP contribution is 2.19. The number of nitrogens with zero attached hydrogens (tertiary/aromatic N) is 2. The number of aromatic nitrogens is 1. The molecule has 2 aromatic carbocycles. The smallest absolute Gasteiger partial charge is 0.256 e. The fourth-order valence-electron chi connectivity index (χ4n) is 3.41. The quantitative estimate of drug-likeness (QED) is 0.632. The summed E-state index contributed by atoms with van der Waals surface area (Å²) in [5, 5.41) is 0. The van der Waals surface area contributed by atoms with Gasteiger partial charge in [0.2, 0.25) is 0 Å². The number of carbonyl (C=O) groups excluding carboxylic acids is 1. The van der Waals surface area contributed by atoms with E-state index in [0.717, 1.165) is 11.3 Å². The van der Waals surface area contributed by atoms with Crippen LogP contribution in [0.15, 0.2) is 73.1 Å². The molecular formula is C24H22N2O3. The van der Waals surface area contributed by atoms with Crippen molar-refractivity contribution in [1.82, 2.24) is 9.47 Å². The predicted molar refractivity (Wildman–Crippen MR) is 111 cm³/mol. The Labute approximate surface area is 170 Å². The molecule has 1 aliphatic rings. The fourth-order valence-corrected chi connectivity index (χ4v) is 3.41. The molecule has 1 atom stereocenters. The Bertz CT molecular complexity index is 1020. The van der Waals surface area contributed by atoms with Crippen LogP contribution in [0.4, 0.5) is 0 Å². The second-order valence-corrected chi connectivity index (χ2v) is 6.83. The van der Waals surface area contributed by atoms with Gasteiger partial charge in [-0.25, -0.2) is 0 Å². The largest absolute Gasteiger partial charge is 0.491 e. The van der Waals surface area contributed by atoms with E-state index in [1.807, 2.05) is 82.5 Å². The maximum atomic E-state index is 13.2. The number of hydrogen-bond acceptors (Lipinski definition) is 3. The number of amides is 1. The van der Waals surface area contributed by atoms with Gasteiger partial charge >= 0.3 is 0 Å². The SMILES string of the molecule is C#Cc1cccc(OCC2CN(C(=O)c3ccccc3-n3cccc3)CCO2)c1. The Balaban J connectivity index is 1.44. The number of benzene rings is 2. The van der Waals surface area contributed by atoms with Gasteiger partial charge in [0, 0.05) is 24.5 Å². The van der Waals surface area contributed by atoms with Crippen LogP contribution in [0.25, 0.3) is 5.69 Å². The first-order chi connectivity index (χ1) is 14.2. The third kappa shape index (κ3) is 4.34. The molecule has 1 amide bonds. The third-order valence-electron chi connectivity index (χ3n) is 4.88. The van der Waals surface area contributed by atoms with Crippen LogP contribution in [0.1, 0.15) is 15.9 Å². The molecule has 1 fully saturated rings. The molecular weight excluding hydrogens is 364 g/mol. The summed E-state index contributed by atoms with van der Waals surface area (Å²) in [4.78, 5) is 15.0. The summed E-state index contributed by atoms with van der Waals surface area (Å²) >= 11 is 0. The Hall–Kier alpha value is -3.49. The van der Waals surface area contributed by atoms with E-state index >= 15 is 0 Å². The zero-order valence-electron chi connectivity index (χ0n) is 16.0. The van der Waals surface area contributed by atoms with E-state index in [-0.39, 0.29) is 12.0 Å². The van der Waals surface area contributed by atoms with Crippen molar-refractivity contribution in [2.75, 3.05) is 26.3 Å². The van der Waals surface area contributed by atoms with Crippen molar-refractivity contribution in [2.45, 2.75) is 6.10 Å². The standard InChI is InChI=1S/C24H22N2O3/c1-2-19-8-7-9-20(16-19)29-18-21-17-26(14-15-28-21)24(27)22-10-3-4-11-23(22)25-12-5-6-13-25/h1,3-13,16,21H,14-15,17-18H2. The van der Waals surface area contributed by atoms with Crippen molar-refractivity contribution < 1.29 is 14.3 Å².